The first-order valence-electron chi connectivity index (χ1n) is 4.77. The number of methoxy groups -OCH3 is 1. The van der Waals surface area contributed by atoms with E-state index in [1.54, 1.807) is 20.1 Å². The zero-order chi connectivity index (χ0) is 12.0. The van der Waals surface area contributed by atoms with Gasteiger partial charge in [0.1, 0.15) is 5.75 Å². The molecule has 2 nitrogen and oxygen atoms in total. The van der Waals surface area contributed by atoms with E-state index in [2.05, 4.69) is 0 Å². The molecule has 0 aliphatic rings. The summed E-state index contributed by atoms with van der Waals surface area (Å²) in [6.45, 7) is 1.56. The molecule has 0 bridgehead atoms. The maximum absolute atomic E-state index is 10.7. The summed E-state index contributed by atoms with van der Waals surface area (Å²) < 4.78 is 5.11. The van der Waals surface area contributed by atoms with Crippen molar-refractivity contribution in [2.24, 2.45) is 0 Å². The zero-order valence-electron chi connectivity index (χ0n) is 9.20. The number of carbonyl (C=O) groups is 1. The third-order valence-corrected chi connectivity index (χ3v) is 2.95. The third kappa shape index (κ3) is 4.29. The van der Waals surface area contributed by atoms with Gasteiger partial charge in [0.25, 0.3) is 0 Å². The molecule has 0 atom stereocenters. The Hall–Kier alpha value is -0.930. The van der Waals surface area contributed by atoms with E-state index in [0.717, 1.165) is 5.56 Å². The Balaban J connectivity index is 2.63. The molecule has 0 saturated carbocycles. The summed E-state index contributed by atoms with van der Waals surface area (Å²) in [7, 11) is 1.58. The maximum Gasteiger partial charge on any atom is 0.186 e. The van der Waals surface area contributed by atoms with Crippen molar-refractivity contribution in [3.63, 3.8) is 0 Å². The van der Waals surface area contributed by atoms with Crippen molar-refractivity contribution >= 4 is 34.6 Å². The minimum atomic E-state index is 0.123. The maximum atomic E-state index is 10.7. The first-order chi connectivity index (χ1) is 7.63. The summed E-state index contributed by atoms with van der Waals surface area (Å²) in [5.74, 6) is 1.34. The fourth-order valence-electron chi connectivity index (χ4n) is 1.13. The Bertz CT molecular complexity index is 402. The molecule has 0 radical (unpaired) electrons. The molecule has 0 N–H and O–H groups in total. The summed E-state index contributed by atoms with van der Waals surface area (Å²) in [5, 5.41) is 0.719. The van der Waals surface area contributed by atoms with Gasteiger partial charge in [-0.15, -0.1) is 0 Å². The van der Waals surface area contributed by atoms with Crippen LogP contribution in [0.3, 0.4) is 0 Å². The van der Waals surface area contributed by atoms with Crippen LogP contribution in [-0.2, 0) is 4.79 Å². The van der Waals surface area contributed by atoms with Gasteiger partial charge in [-0.1, -0.05) is 41.6 Å². The number of rotatable bonds is 4. The summed E-state index contributed by atoms with van der Waals surface area (Å²) in [4.78, 5) is 10.7. The van der Waals surface area contributed by atoms with Crippen LogP contribution in [0.5, 0.6) is 5.75 Å². The molecule has 1 aromatic carbocycles. The standard InChI is InChI=1S/C12H13ClO2S/c1-9(14)16-7-3-4-10-5-6-11(13)12(8-10)15-2/h3-6,8H,7H2,1-2H3. The largest absolute Gasteiger partial charge is 0.495 e. The molecule has 0 amide bonds. The van der Waals surface area contributed by atoms with E-state index in [0.29, 0.717) is 16.5 Å². The normalized spacial score (nSPS) is 10.7. The van der Waals surface area contributed by atoms with Crippen molar-refractivity contribution in [1.82, 2.24) is 0 Å². The van der Waals surface area contributed by atoms with Crippen LogP contribution in [0.2, 0.25) is 5.02 Å². The zero-order valence-corrected chi connectivity index (χ0v) is 10.8. The number of hydrogen-bond acceptors (Lipinski definition) is 3. The van der Waals surface area contributed by atoms with Crippen molar-refractivity contribution in [3.8, 4) is 5.75 Å². The Labute approximate surface area is 105 Å². The lowest BCUT2D eigenvalue weighted by Crippen LogP contribution is -1.85. The predicted molar refractivity (Wildman–Crippen MR) is 70.2 cm³/mol. The predicted octanol–water partition coefficient (Wildman–Crippen LogP) is 3.64. The molecule has 0 heterocycles. The van der Waals surface area contributed by atoms with Gasteiger partial charge in [-0.2, -0.15) is 0 Å². The highest BCUT2D eigenvalue weighted by Gasteiger charge is 1.99. The second-order valence-corrected chi connectivity index (χ2v) is 4.70. The summed E-state index contributed by atoms with van der Waals surface area (Å²) in [5.41, 5.74) is 1.01. The van der Waals surface area contributed by atoms with E-state index in [1.165, 1.54) is 11.8 Å². The number of ether oxygens (including phenoxy) is 1. The van der Waals surface area contributed by atoms with Crippen LogP contribution in [0, 0.1) is 0 Å². The first kappa shape index (κ1) is 13.1. The van der Waals surface area contributed by atoms with Crippen molar-refractivity contribution in [3.05, 3.63) is 34.9 Å². The molecule has 0 spiro atoms. The number of thioether (sulfide) groups is 1. The summed E-state index contributed by atoms with van der Waals surface area (Å²) in [6.07, 6.45) is 3.88. The van der Waals surface area contributed by atoms with Crippen molar-refractivity contribution in [1.29, 1.82) is 0 Å². The smallest absolute Gasteiger partial charge is 0.186 e. The van der Waals surface area contributed by atoms with Crippen LogP contribution >= 0.6 is 23.4 Å². The summed E-state index contributed by atoms with van der Waals surface area (Å²) >= 11 is 7.18. The van der Waals surface area contributed by atoms with Crippen LogP contribution < -0.4 is 4.74 Å². The van der Waals surface area contributed by atoms with Crippen LogP contribution in [0.25, 0.3) is 6.08 Å². The minimum Gasteiger partial charge on any atom is -0.495 e. The molecule has 0 fully saturated rings. The molecule has 1 rings (SSSR count). The third-order valence-electron chi connectivity index (χ3n) is 1.87. The van der Waals surface area contributed by atoms with E-state index in [1.807, 2.05) is 24.3 Å². The van der Waals surface area contributed by atoms with Crippen LogP contribution in [0.15, 0.2) is 24.3 Å². The van der Waals surface area contributed by atoms with Crippen LogP contribution in [0.4, 0.5) is 0 Å². The fraction of sp³-hybridized carbons (Fsp3) is 0.250. The lowest BCUT2D eigenvalue weighted by atomic mass is 10.2. The van der Waals surface area contributed by atoms with E-state index in [-0.39, 0.29) is 5.12 Å². The SMILES string of the molecule is COc1cc(C=CCSC(C)=O)ccc1Cl. The van der Waals surface area contributed by atoms with Gasteiger partial charge in [0.05, 0.1) is 12.1 Å². The van der Waals surface area contributed by atoms with E-state index >= 15 is 0 Å². The Morgan fingerprint density at radius 1 is 1.56 bits per heavy atom. The molecule has 16 heavy (non-hydrogen) atoms. The highest BCUT2D eigenvalue weighted by Crippen LogP contribution is 2.25. The number of benzene rings is 1. The molecule has 0 aliphatic carbocycles. The molecule has 0 unspecified atom stereocenters. The Morgan fingerprint density at radius 3 is 2.94 bits per heavy atom. The summed E-state index contributed by atoms with van der Waals surface area (Å²) in [6, 6.07) is 5.55. The monoisotopic (exact) mass is 256 g/mol. The average molecular weight is 257 g/mol. The van der Waals surface area contributed by atoms with Gasteiger partial charge < -0.3 is 4.74 Å². The molecule has 86 valence electrons. The van der Waals surface area contributed by atoms with Crippen molar-refractivity contribution in [2.75, 3.05) is 12.9 Å². The Kier molecular flexibility index (Phi) is 5.43. The molecular formula is C12H13ClO2S. The second-order valence-electron chi connectivity index (χ2n) is 3.10. The van der Waals surface area contributed by atoms with Crippen LogP contribution in [0.1, 0.15) is 12.5 Å². The minimum absolute atomic E-state index is 0.123. The van der Waals surface area contributed by atoms with E-state index in [4.69, 9.17) is 16.3 Å². The fourth-order valence-corrected chi connectivity index (χ4v) is 1.75. The van der Waals surface area contributed by atoms with E-state index in [9.17, 15) is 4.79 Å². The molecule has 0 aliphatic heterocycles. The van der Waals surface area contributed by atoms with Crippen LogP contribution in [-0.4, -0.2) is 18.0 Å². The average Bonchev–Trinajstić information content (AvgIpc) is 2.26. The van der Waals surface area contributed by atoms with Gasteiger partial charge in [-0.05, 0) is 17.7 Å². The Morgan fingerprint density at radius 2 is 2.31 bits per heavy atom. The van der Waals surface area contributed by atoms with Crippen molar-refractivity contribution < 1.29 is 9.53 Å². The van der Waals surface area contributed by atoms with Gasteiger partial charge in [-0.25, -0.2) is 0 Å². The van der Waals surface area contributed by atoms with Gasteiger partial charge in [0.15, 0.2) is 5.12 Å². The van der Waals surface area contributed by atoms with Crippen molar-refractivity contribution in [2.45, 2.75) is 6.92 Å². The lowest BCUT2D eigenvalue weighted by Gasteiger charge is -2.03. The lowest BCUT2D eigenvalue weighted by molar-refractivity contribution is -0.109. The molecular weight excluding hydrogens is 244 g/mol. The molecule has 0 saturated heterocycles. The second kappa shape index (κ2) is 6.61. The number of carbonyl (C=O) groups excluding carboxylic acids is 1. The van der Waals surface area contributed by atoms with E-state index < -0.39 is 0 Å². The topological polar surface area (TPSA) is 26.3 Å². The molecule has 1 aromatic rings. The quantitative estimate of drug-likeness (QED) is 0.823. The highest BCUT2D eigenvalue weighted by molar-refractivity contribution is 8.13. The molecule has 4 heteroatoms. The van der Waals surface area contributed by atoms with Gasteiger partial charge in [-0.3, -0.25) is 4.79 Å². The highest BCUT2D eigenvalue weighted by atomic mass is 35.5. The number of halogens is 1. The van der Waals surface area contributed by atoms with Gasteiger partial charge >= 0.3 is 0 Å². The van der Waals surface area contributed by atoms with Gasteiger partial charge in [0.2, 0.25) is 0 Å². The van der Waals surface area contributed by atoms with Gasteiger partial charge in [0, 0.05) is 12.7 Å². The molecule has 0 aromatic heterocycles. The number of hydrogen-bond donors (Lipinski definition) is 0. The first-order valence-corrected chi connectivity index (χ1v) is 6.13.